The van der Waals surface area contributed by atoms with Gasteiger partial charge in [0.25, 0.3) is 0 Å². The molecule has 0 aliphatic carbocycles. The molecular formula is C14H20N2O2. The zero-order valence-corrected chi connectivity index (χ0v) is 10.9. The molecule has 18 heavy (non-hydrogen) atoms. The maximum atomic E-state index is 11.5. The minimum Gasteiger partial charge on any atom is -0.472 e. The molecule has 3 rings (SSSR count). The smallest absolute Gasteiger partial charge is 0.219 e. The van der Waals surface area contributed by atoms with Crippen LogP contribution in [0.2, 0.25) is 0 Å². The molecular weight excluding hydrogens is 228 g/mol. The Labute approximate surface area is 108 Å². The van der Waals surface area contributed by atoms with Crippen molar-refractivity contribution in [1.82, 2.24) is 9.80 Å². The Hall–Kier alpha value is -1.29. The predicted molar refractivity (Wildman–Crippen MR) is 68.0 cm³/mol. The highest BCUT2D eigenvalue weighted by molar-refractivity contribution is 5.75. The maximum absolute atomic E-state index is 11.5. The number of amides is 1. The van der Waals surface area contributed by atoms with Crippen molar-refractivity contribution in [3.63, 3.8) is 0 Å². The van der Waals surface area contributed by atoms with E-state index in [1.807, 2.05) is 12.3 Å². The number of carbonyl (C=O) groups excluding carboxylic acids is 1. The van der Waals surface area contributed by atoms with Crippen LogP contribution in [0.1, 0.15) is 31.7 Å². The molecule has 2 aliphatic rings. The third-order valence-electron chi connectivity index (χ3n) is 4.53. The molecule has 2 saturated heterocycles. The normalized spacial score (nSPS) is 23.1. The summed E-state index contributed by atoms with van der Waals surface area (Å²) >= 11 is 0. The topological polar surface area (TPSA) is 36.7 Å². The Morgan fingerprint density at radius 2 is 2.06 bits per heavy atom. The second kappa shape index (κ2) is 4.43. The zero-order chi connectivity index (χ0) is 12.6. The number of likely N-dealkylation sites (tertiary alicyclic amines) is 2. The Balaban J connectivity index is 1.57. The van der Waals surface area contributed by atoms with E-state index in [4.69, 9.17) is 4.42 Å². The van der Waals surface area contributed by atoms with Crippen LogP contribution in [0.25, 0.3) is 0 Å². The molecule has 2 fully saturated rings. The van der Waals surface area contributed by atoms with Gasteiger partial charge in [-0.1, -0.05) is 0 Å². The van der Waals surface area contributed by atoms with Crippen LogP contribution >= 0.6 is 0 Å². The van der Waals surface area contributed by atoms with E-state index < -0.39 is 0 Å². The molecule has 1 aromatic heterocycles. The second-order valence-corrected chi connectivity index (χ2v) is 5.55. The van der Waals surface area contributed by atoms with Crippen LogP contribution in [0.4, 0.5) is 0 Å². The lowest BCUT2D eigenvalue weighted by Crippen LogP contribution is -2.65. The molecule has 3 heterocycles. The van der Waals surface area contributed by atoms with Crippen molar-refractivity contribution in [1.29, 1.82) is 0 Å². The molecule has 1 spiro atoms. The number of rotatable bonds is 2. The molecule has 0 atom stereocenters. The van der Waals surface area contributed by atoms with Gasteiger partial charge in [0.2, 0.25) is 5.91 Å². The fourth-order valence-corrected chi connectivity index (χ4v) is 3.32. The van der Waals surface area contributed by atoms with Crippen molar-refractivity contribution in [3.05, 3.63) is 24.2 Å². The van der Waals surface area contributed by atoms with Gasteiger partial charge < -0.3 is 9.32 Å². The van der Waals surface area contributed by atoms with Gasteiger partial charge in [-0.2, -0.15) is 0 Å². The summed E-state index contributed by atoms with van der Waals surface area (Å²) in [4.78, 5) is 16.1. The van der Waals surface area contributed by atoms with Crippen LogP contribution in [-0.4, -0.2) is 40.9 Å². The molecule has 4 heteroatoms. The molecule has 0 unspecified atom stereocenters. The summed E-state index contributed by atoms with van der Waals surface area (Å²) < 4.78 is 5.10. The van der Waals surface area contributed by atoms with E-state index in [2.05, 4.69) is 9.80 Å². The lowest BCUT2D eigenvalue weighted by atomic mass is 9.76. The van der Waals surface area contributed by atoms with Crippen molar-refractivity contribution in [3.8, 4) is 0 Å². The highest BCUT2D eigenvalue weighted by atomic mass is 16.3. The molecule has 98 valence electrons. The van der Waals surface area contributed by atoms with Crippen LogP contribution in [0.3, 0.4) is 0 Å². The quantitative estimate of drug-likeness (QED) is 0.801. The van der Waals surface area contributed by atoms with E-state index in [1.165, 1.54) is 12.0 Å². The van der Waals surface area contributed by atoms with E-state index in [0.29, 0.717) is 0 Å². The van der Waals surface area contributed by atoms with E-state index >= 15 is 0 Å². The highest BCUT2D eigenvalue weighted by Gasteiger charge is 2.47. The summed E-state index contributed by atoms with van der Waals surface area (Å²) in [5.41, 5.74) is 1.43. The van der Waals surface area contributed by atoms with Crippen LogP contribution in [-0.2, 0) is 11.3 Å². The SMILES string of the molecule is CC(=O)N1CCC12CCN(Cc1ccoc1)CC2. The second-order valence-electron chi connectivity index (χ2n) is 5.55. The van der Waals surface area contributed by atoms with Gasteiger partial charge in [-0.3, -0.25) is 9.69 Å². The third-order valence-corrected chi connectivity index (χ3v) is 4.53. The zero-order valence-electron chi connectivity index (χ0n) is 10.9. The Kier molecular flexibility index (Phi) is 2.90. The van der Waals surface area contributed by atoms with Crippen molar-refractivity contribution >= 4 is 5.91 Å². The monoisotopic (exact) mass is 248 g/mol. The first kappa shape index (κ1) is 11.8. The van der Waals surface area contributed by atoms with Gasteiger partial charge in [-0.25, -0.2) is 0 Å². The summed E-state index contributed by atoms with van der Waals surface area (Å²) in [6.45, 7) is 5.77. The van der Waals surface area contributed by atoms with Crippen molar-refractivity contribution < 1.29 is 9.21 Å². The van der Waals surface area contributed by atoms with Gasteiger partial charge in [0, 0.05) is 44.2 Å². The van der Waals surface area contributed by atoms with E-state index in [0.717, 1.165) is 39.0 Å². The first-order valence-corrected chi connectivity index (χ1v) is 6.71. The summed E-state index contributed by atoms with van der Waals surface area (Å²) in [6.07, 6.45) is 6.96. The summed E-state index contributed by atoms with van der Waals surface area (Å²) in [5, 5.41) is 0. The fourth-order valence-electron chi connectivity index (χ4n) is 3.32. The molecule has 0 N–H and O–H groups in total. The third kappa shape index (κ3) is 1.94. The molecule has 0 aromatic carbocycles. The minimum atomic E-state index is 0.193. The first-order valence-electron chi connectivity index (χ1n) is 6.71. The Morgan fingerprint density at radius 1 is 1.33 bits per heavy atom. The molecule has 1 aromatic rings. The molecule has 0 saturated carbocycles. The standard InChI is InChI=1S/C14H20N2O2/c1-12(17)16-8-5-14(16)3-6-15(7-4-14)10-13-2-9-18-11-13/h2,9,11H,3-8,10H2,1H3. The lowest BCUT2D eigenvalue weighted by molar-refractivity contribution is -0.149. The van der Waals surface area contributed by atoms with Crippen LogP contribution in [0.15, 0.2) is 23.0 Å². The van der Waals surface area contributed by atoms with E-state index in [-0.39, 0.29) is 11.4 Å². The first-order chi connectivity index (χ1) is 8.70. The Bertz CT molecular complexity index is 419. The molecule has 2 aliphatic heterocycles. The Morgan fingerprint density at radius 3 is 2.56 bits per heavy atom. The van der Waals surface area contributed by atoms with Crippen LogP contribution in [0.5, 0.6) is 0 Å². The molecule has 0 bridgehead atoms. The summed E-state index contributed by atoms with van der Waals surface area (Å²) in [7, 11) is 0. The number of nitrogens with zero attached hydrogens (tertiary/aromatic N) is 2. The van der Waals surface area contributed by atoms with Crippen molar-refractivity contribution in [2.75, 3.05) is 19.6 Å². The molecule has 4 nitrogen and oxygen atoms in total. The van der Waals surface area contributed by atoms with E-state index in [9.17, 15) is 4.79 Å². The lowest BCUT2D eigenvalue weighted by Gasteiger charge is -2.56. The number of carbonyl (C=O) groups is 1. The van der Waals surface area contributed by atoms with Crippen molar-refractivity contribution in [2.45, 2.75) is 38.3 Å². The van der Waals surface area contributed by atoms with Gasteiger partial charge >= 0.3 is 0 Å². The summed E-state index contributed by atoms with van der Waals surface area (Å²) in [5.74, 6) is 0.240. The van der Waals surface area contributed by atoms with Crippen LogP contribution in [0, 0.1) is 0 Å². The highest BCUT2D eigenvalue weighted by Crippen LogP contribution is 2.40. The van der Waals surface area contributed by atoms with Gasteiger partial charge in [0.1, 0.15) is 0 Å². The average Bonchev–Trinajstić information content (AvgIpc) is 2.81. The van der Waals surface area contributed by atoms with Gasteiger partial charge in [0.05, 0.1) is 12.5 Å². The number of hydrogen-bond acceptors (Lipinski definition) is 3. The number of hydrogen-bond donors (Lipinski definition) is 0. The average molecular weight is 248 g/mol. The molecule has 0 radical (unpaired) electrons. The number of furan rings is 1. The van der Waals surface area contributed by atoms with Gasteiger partial charge in [-0.05, 0) is 25.3 Å². The fraction of sp³-hybridized carbons (Fsp3) is 0.643. The van der Waals surface area contributed by atoms with E-state index in [1.54, 1.807) is 13.2 Å². The number of piperidine rings is 1. The largest absolute Gasteiger partial charge is 0.472 e. The summed E-state index contributed by atoms with van der Waals surface area (Å²) in [6, 6.07) is 2.02. The molecule has 1 amide bonds. The maximum Gasteiger partial charge on any atom is 0.219 e. The van der Waals surface area contributed by atoms with Gasteiger partial charge in [0.15, 0.2) is 0 Å². The predicted octanol–water partition coefficient (Wildman–Crippen LogP) is 1.87. The van der Waals surface area contributed by atoms with Crippen LogP contribution < -0.4 is 0 Å². The minimum absolute atomic E-state index is 0.193. The van der Waals surface area contributed by atoms with Crippen molar-refractivity contribution in [2.24, 2.45) is 0 Å². The van der Waals surface area contributed by atoms with Gasteiger partial charge in [-0.15, -0.1) is 0 Å².